The highest BCUT2D eigenvalue weighted by molar-refractivity contribution is 6.30. The van der Waals surface area contributed by atoms with Gasteiger partial charge in [0.1, 0.15) is 0 Å². The summed E-state index contributed by atoms with van der Waals surface area (Å²) in [7, 11) is 0. The number of benzene rings is 2. The standard InChI is InChI=1S/C20H16ClNO4/c21-16-7-4-14(5-8-16)10-15-12-18(23)22(20(15)26)17-3-1-2-13(11-17)6-9-19(24)25/h1-9,11,15H,10,12H2,(H,24,25)/p-1/b9-6+/t15-/m0/s1. The topological polar surface area (TPSA) is 77.5 Å². The van der Waals surface area contributed by atoms with E-state index >= 15 is 0 Å². The van der Waals surface area contributed by atoms with Crippen LogP contribution in [-0.4, -0.2) is 17.8 Å². The summed E-state index contributed by atoms with van der Waals surface area (Å²) >= 11 is 5.87. The van der Waals surface area contributed by atoms with Crippen molar-refractivity contribution in [3.63, 3.8) is 0 Å². The van der Waals surface area contributed by atoms with Gasteiger partial charge in [0.05, 0.1) is 17.6 Å². The number of aliphatic carboxylic acids is 1. The molecule has 2 amide bonds. The molecule has 0 saturated carbocycles. The second-order valence-electron chi connectivity index (χ2n) is 6.05. The monoisotopic (exact) mass is 368 g/mol. The van der Waals surface area contributed by atoms with Crippen molar-refractivity contribution in [3.05, 3.63) is 70.8 Å². The van der Waals surface area contributed by atoms with Crippen molar-refractivity contribution in [3.8, 4) is 0 Å². The maximum absolute atomic E-state index is 12.7. The number of carboxylic acids is 1. The first-order valence-electron chi connectivity index (χ1n) is 8.04. The van der Waals surface area contributed by atoms with Gasteiger partial charge >= 0.3 is 0 Å². The third kappa shape index (κ3) is 4.00. The van der Waals surface area contributed by atoms with Crippen LogP contribution in [0.1, 0.15) is 17.5 Å². The van der Waals surface area contributed by atoms with Gasteiger partial charge in [-0.05, 0) is 47.9 Å². The van der Waals surface area contributed by atoms with Crippen LogP contribution in [0, 0.1) is 5.92 Å². The summed E-state index contributed by atoms with van der Waals surface area (Å²) in [4.78, 5) is 36.8. The number of imide groups is 1. The molecule has 3 rings (SSSR count). The molecule has 0 aliphatic carbocycles. The average molecular weight is 369 g/mol. The van der Waals surface area contributed by atoms with E-state index in [4.69, 9.17) is 11.6 Å². The second-order valence-corrected chi connectivity index (χ2v) is 6.48. The summed E-state index contributed by atoms with van der Waals surface area (Å²) in [6.07, 6.45) is 2.86. The number of halogens is 1. The van der Waals surface area contributed by atoms with Crippen LogP contribution < -0.4 is 10.0 Å². The van der Waals surface area contributed by atoms with Crippen molar-refractivity contribution < 1.29 is 19.5 Å². The fraction of sp³-hybridized carbons (Fsp3) is 0.150. The molecule has 1 atom stereocenters. The van der Waals surface area contributed by atoms with Gasteiger partial charge in [-0.25, -0.2) is 0 Å². The van der Waals surface area contributed by atoms with Gasteiger partial charge in [0, 0.05) is 11.4 Å². The Morgan fingerprint density at radius 1 is 1.19 bits per heavy atom. The Morgan fingerprint density at radius 2 is 1.92 bits per heavy atom. The van der Waals surface area contributed by atoms with E-state index in [-0.39, 0.29) is 18.2 Å². The fourth-order valence-corrected chi connectivity index (χ4v) is 3.09. The number of rotatable bonds is 5. The highest BCUT2D eigenvalue weighted by atomic mass is 35.5. The van der Waals surface area contributed by atoms with Gasteiger partial charge in [-0.2, -0.15) is 0 Å². The Morgan fingerprint density at radius 3 is 2.62 bits per heavy atom. The molecular formula is C20H15ClNO4-. The van der Waals surface area contributed by atoms with Gasteiger partial charge < -0.3 is 9.90 Å². The largest absolute Gasteiger partial charge is 0.545 e. The Balaban J connectivity index is 1.79. The number of hydrogen-bond donors (Lipinski definition) is 0. The predicted molar refractivity (Wildman–Crippen MR) is 96.2 cm³/mol. The summed E-state index contributed by atoms with van der Waals surface area (Å²) in [6, 6.07) is 13.8. The molecule has 0 radical (unpaired) electrons. The lowest BCUT2D eigenvalue weighted by Gasteiger charge is -2.16. The fourth-order valence-electron chi connectivity index (χ4n) is 2.96. The Labute approximate surface area is 155 Å². The van der Waals surface area contributed by atoms with E-state index in [1.165, 1.54) is 6.08 Å². The summed E-state index contributed by atoms with van der Waals surface area (Å²) < 4.78 is 0. The highest BCUT2D eigenvalue weighted by Crippen LogP contribution is 2.29. The van der Waals surface area contributed by atoms with Crippen LogP contribution in [0.2, 0.25) is 5.02 Å². The molecule has 1 aliphatic heterocycles. The Kier molecular flexibility index (Phi) is 5.19. The van der Waals surface area contributed by atoms with E-state index in [1.54, 1.807) is 36.4 Å². The zero-order chi connectivity index (χ0) is 18.7. The average Bonchev–Trinajstić information content (AvgIpc) is 2.89. The molecule has 1 heterocycles. The maximum Gasteiger partial charge on any atom is 0.237 e. The van der Waals surface area contributed by atoms with Crippen LogP contribution in [0.25, 0.3) is 6.08 Å². The summed E-state index contributed by atoms with van der Waals surface area (Å²) in [5, 5.41) is 11.1. The van der Waals surface area contributed by atoms with Crippen LogP contribution >= 0.6 is 11.6 Å². The first-order chi connectivity index (χ1) is 12.4. The first kappa shape index (κ1) is 17.9. The molecule has 132 valence electrons. The van der Waals surface area contributed by atoms with Crippen molar-refractivity contribution in [1.29, 1.82) is 0 Å². The summed E-state index contributed by atoms with van der Waals surface area (Å²) in [6.45, 7) is 0. The van der Waals surface area contributed by atoms with Gasteiger partial charge in [-0.15, -0.1) is 0 Å². The van der Waals surface area contributed by atoms with E-state index in [0.29, 0.717) is 22.7 Å². The molecule has 0 N–H and O–H groups in total. The Bertz CT molecular complexity index is 889. The van der Waals surface area contributed by atoms with Crippen molar-refractivity contribution in [2.75, 3.05) is 4.90 Å². The van der Waals surface area contributed by atoms with E-state index in [9.17, 15) is 19.5 Å². The van der Waals surface area contributed by atoms with Crippen molar-refractivity contribution in [1.82, 2.24) is 0 Å². The number of carbonyl (C=O) groups excluding carboxylic acids is 3. The number of carboxylic acid groups (broad SMARTS) is 1. The van der Waals surface area contributed by atoms with Gasteiger partial charge in [-0.1, -0.05) is 41.9 Å². The summed E-state index contributed by atoms with van der Waals surface area (Å²) in [5.74, 6) is -2.26. The molecule has 6 heteroatoms. The third-order valence-corrected chi connectivity index (χ3v) is 4.43. The Hall–Kier alpha value is -2.92. The van der Waals surface area contributed by atoms with Crippen molar-refractivity contribution in [2.45, 2.75) is 12.8 Å². The zero-order valence-corrected chi connectivity index (χ0v) is 14.5. The second kappa shape index (κ2) is 7.54. The number of carbonyl (C=O) groups is 3. The van der Waals surface area contributed by atoms with E-state index in [0.717, 1.165) is 16.5 Å². The molecule has 0 aromatic heterocycles. The van der Waals surface area contributed by atoms with Gasteiger partial charge in [-0.3, -0.25) is 14.5 Å². The van der Waals surface area contributed by atoms with E-state index in [2.05, 4.69) is 0 Å². The lowest BCUT2D eigenvalue weighted by atomic mass is 9.98. The highest BCUT2D eigenvalue weighted by Gasteiger charge is 2.39. The number of nitrogens with zero attached hydrogens (tertiary/aromatic N) is 1. The third-order valence-electron chi connectivity index (χ3n) is 4.18. The van der Waals surface area contributed by atoms with Crippen molar-refractivity contribution in [2.24, 2.45) is 5.92 Å². The number of anilines is 1. The van der Waals surface area contributed by atoms with Crippen LogP contribution in [0.4, 0.5) is 5.69 Å². The first-order valence-corrected chi connectivity index (χ1v) is 8.42. The van der Waals surface area contributed by atoms with Crippen LogP contribution in [0.3, 0.4) is 0 Å². The lowest BCUT2D eigenvalue weighted by molar-refractivity contribution is -0.297. The lowest BCUT2D eigenvalue weighted by Crippen LogP contribution is -2.30. The molecule has 2 aromatic carbocycles. The molecule has 1 aliphatic rings. The minimum Gasteiger partial charge on any atom is -0.545 e. The smallest absolute Gasteiger partial charge is 0.237 e. The molecule has 26 heavy (non-hydrogen) atoms. The van der Waals surface area contributed by atoms with Crippen LogP contribution in [0.5, 0.6) is 0 Å². The van der Waals surface area contributed by atoms with Crippen molar-refractivity contribution >= 4 is 41.1 Å². The molecule has 2 aromatic rings. The van der Waals surface area contributed by atoms with Gasteiger partial charge in [0.2, 0.25) is 11.8 Å². The maximum atomic E-state index is 12.7. The molecule has 0 spiro atoms. The van der Waals surface area contributed by atoms with E-state index < -0.39 is 11.9 Å². The normalized spacial score (nSPS) is 17.3. The molecule has 5 nitrogen and oxygen atoms in total. The molecule has 1 saturated heterocycles. The summed E-state index contributed by atoms with van der Waals surface area (Å²) in [5.41, 5.74) is 1.93. The number of amides is 2. The molecule has 0 unspecified atom stereocenters. The van der Waals surface area contributed by atoms with E-state index in [1.807, 2.05) is 12.1 Å². The number of hydrogen-bond acceptors (Lipinski definition) is 4. The quantitative estimate of drug-likeness (QED) is 0.599. The SMILES string of the molecule is O=C([O-])/C=C/c1cccc(N2C(=O)C[C@H](Cc3ccc(Cl)cc3)C2=O)c1. The van der Waals surface area contributed by atoms with Gasteiger partial charge in [0.15, 0.2) is 0 Å². The van der Waals surface area contributed by atoms with Gasteiger partial charge in [0.25, 0.3) is 0 Å². The van der Waals surface area contributed by atoms with Crippen LogP contribution in [-0.2, 0) is 20.8 Å². The molecule has 1 fully saturated rings. The minimum absolute atomic E-state index is 0.139. The predicted octanol–water partition coefficient (Wildman–Crippen LogP) is 2.23. The molecular weight excluding hydrogens is 354 g/mol. The minimum atomic E-state index is -1.31. The molecule has 0 bridgehead atoms. The van der Waals surface area contributed by atoms with Crippen LogP contribution in [0.15, 0.2) is 54.6 Å². The zero-order valence-electron chi connectivity index (χ0n) is 13.7.